The van der Waals surface area contributed by atoms with Gasteiger partial charge in [0.15, 0.2) is 0 Å². The Morgan fingerprint density at radius 3 is 2.93 bits per heavy atom. The second-order valence-corrected chi connectivity index (χ2v) is 2.92. The van der Waals surface area contributed by atoms with Gasteiger partial charge in [-0.3, -0.25) is 4.79 Å². The minimum atomic E-state index is -1.20. The first kappa shape index (κ1) is 11.5. The van der Waals surface area contributed by atoms with Gasteiger partial charge in [-0.25, -0.2) is 4.79 Å². The number of pyridine rings is 1. The molecule has 0 aliphatic heterocycles. The molecule has 0 saturated heterocycles. The summed E-state index contributed by atoms with van der Waals surface area (Å²) in [5.74, 6) is -1.20. The first-order valence-electron chi connectivity index (χ1n) is 4.67. The molecule has 82 valence electrons. The Kier molecular flexibility index (Phi) is 4.05. The fourth-order valence-corrected chi connectivity index (χ4v) is 1.18. The predicted molar refractivity (Wildman–Crippen MR) is 54.2 cm³/mol. The molecule has 0 atom stereocenters. The van der Waals surface area contributed by atoms with Crippen LogP contribution in [0.15, 0.2) is 23.1 Å². The highest BCUT2D eigenvalue weighted by Gasteiger charge is 2.09. The van der Waals surface area contributed by atoms with Crippen LogP contribution in [0.3, 0.4) is 0 Å². The van der Waals surface area contributed by atoms with Gasteiger partial charge in [-0.05, 0) is 19.1 Å². The Morgan fingerprint density at radius 1 is 1.60 bits per heavy atom. The third kappa shape index (κ3) is 2.92. The predicted octanol–water partition coefficient (Wildman–Crippen LogP) is 0.583. The Hall–Kier alpha value is -1.62. The fraction of sp³-hybridized carbons (Fsp3) is 0.400. The van der Waals surface area contributed by atoms with E-state index in [0.29, 0.717) is 19.8 Å². The molecular weight excluding hydrogens is 198 g/mol. The molecule has 0 saturated carbocycles. The van der Waals surface area contributed by atoms with Crippen LogP contribution in [0.4, 0.5) is 0 Å². The number of aromatic nitrogens is 1. The number of carbonyl (C=O) groups is 1. The standard InChI is InChI=1S/C10H13NO4/c1-2-15-7-6-11-5-3-4-8(9(11)12)10(13)14/h3-5H,2,6-7H2,1H3,(H,13,14). The van der Waals surface area contributed by atoms with E-state index >= 15 is 0 Å². The van der Waals surface area contributed by atoms with Gasteiger partial charge in [0, 0.05) is 19.3 Å². The first-order valence-corrected chi connectivity index (χ1v) is 4.67. The Labute approximate surface area is 86.9 Å². The van der Waals surface area contributed by atoms with Crippen LogP contribution in [0, 0.1) is 0 Å². The minimum Gasteiger partial charge on any atom is -0.477 e. The summed E-state index contributed by atoms with van der Waals surface area (Å²) in [6, 6.07) is 2.83. The number of carboxylic acids is 1. The third-order valence-electron chi connectivity index (χ3n) is 1.93. The van der Waals surface area contributed by atoms with Gasteiger partial charge in [0.1, 0.15) is 5.56 Å². The smallest absolute Gasteiger partial charge is 0.341 e. The summed E-state index contributed by atoms with van der Waals surface area (Å²) in [4.78, 5) is 22.2. The van der Waals surface area contributed by atoms with Gasteiger partial charge >= 0.3 is 5.97 Å². The van der Waals surface area contributed by atoms with E-state index in [9.17, 15) is 9.59 Å². The lowest BCUT2D eigenvalue weighted by Gasteiger charge is -2.05. The summed E-state index contributed by atoms with van der Waals surface area (Å²) >= 11 is 0. The molecular formula is C10H13NO4. The molecule has 0 spiro atoms. The second-order valence-electron chi connectivity index (χ2n) is 2.92. The van der Waals surface area contributed by atoms with Crippen molar-refractivity contribution in [2.24, 2.45) is 0 Å². The van der Waals surface area contributed by atoms with Crippen molar-refractivity contribution in [3.8, 4) is 0 Å². The van der Waals surface area contributed by atoms with E-state index in [4.69, 9.17) is 9.84 Å². The minimum absolute atomic E-state index is 0.214. The molecule has 0 bridgehead atoms. The van der Waals surface area contributed by atoms with Crippen molar-refractivity contribution in [2.45, 2.75) is 13.5 Å². The lowest BCUT2D eigenvalue weighted by Crippen LogP contribution is -2.27. The van der Waals surface area contributed by atoms with E-state index in [2.05, 4.69) is 0 Å². The Balaban J connectivity index is 2.85. The van der Waals surface area contributed by atoms with Crippen LogP contribution in [-0.4, -0.2) is 28.9 Å². The SMILES string of the molecule is CCOCCn1cccc(C(=O)O)c1=O. The van der Waals surface area contributed by atoms with Crippen LogP contribution in [0.5, 0.6) is 0 Å². The van der Waals surface area contributed by atoms with Crippen LogP contribution < -0.4 is 5.56 Å². The molecule has 1 aromatic rings. The molecule has 1 N–H and O–H groups in total. The highest BCUT2D eigenvalue weighted by atomic mass is 16.5. The number of ether oxygens (including phenoxy) is 1. The van der Waals surface area contributed by atoms with E-state index in [1.165, 1.54) is 16.7 Å². The highest BCUT2D eigenvalue weighted by Crippen LogP contribution is 1.92. The molecule has 0 aliphatic rings. The fourth-order valence-electron chi connectivity index (χ4n) is 1.18. The Bertz CT molecular complexity index is 397. The highest BCUT2D eigenvalue weighted by molar-refractivity contribution is 5.86. The Morgan fingerprint density at radius 2 is 2.33 bits per heavy atom. The van der Waals surface area contributed by atoms with E-state index in [-0.39, 0.29) is 5.56 Å². The summed E-state index contributed by atoms with van der Waals surface area (Å²) in [6.45, 7) is 3.21. The van der Waals surface area contributed by atoms with Crippen LogP contribution in [0.25, 0.3) is 0 Å². The van der Waals surface area contributed by atoms with Crippen LogP contribution in [0.1, 0.15) is 17.3 Å². The molecule has 5 nitrogen and oxygen atoms in total. The molecule has 0 fully saturated rings. The average Bonchev–Trinajstić information content (AvgIpc) is 2.20. The lowest BCUT2D eigenvalue weighted by atomic mass is 10.3. The van der Waals surface area contributed by atoms with Crippen LogP contribution in [-0.2, 0) is 11.3 Å². The van der Waals surface area contributed by atoms with Gasteiger partial charge in [-0.15, -0.1) is 0 Å². The van der Waals surface area contributed by atoms with Crippen molar-refractivity contribution in [1.29, 1.82) is 0 Å². The summed E-state index contributed by atoms with van der Waals surface area (Å²) < 4.78 is 6.42. The molecule has 0 radical (unpaired) electrons. The molecule has 15 heavy (non-hydrogen) atoms. The lowest BCUT2D eigenvalue weighted by molar-refractivity contribution is 0.0693. The number of nitrogens with zero attached hydrogens (tertiary/aromatic N) is 1. The molecule has 0 aliphatic carbocycles. The zero-order valence-corrected chi connectivity index (χ0v) is 8.47. The molecule has 1 aromatic heterocycles. The molecule has 0 amide bonds. The van der Waals surface area contributed by atoms with E-state index in [1.54, 1.807) is 6.20 Å². The van der Waals surface area contributed by atoms with Crippen LogP contribution >= 0.6 is 0 Å². The largest absolute Gasteiger partial charge is 0.477 e. The zero-order valence-electron chi connectivity index (χ0n) is 8.47. The molecule has 1 rings (SSSR count). The summed E-state index contributed by atoms with van der Waals surface area (Å²) in [5, 5.41) is 8.72. The number of carboxylic acid groups (broad SMARTS) is 1. The third-order valence-corrected chi connectivity index (χ3v) is 1.93. The second kappa shape index (κ2) is 5.31. The van der Waals surface area contributed by atoms with E-state index in [1.807, 2.05) is 6.92 Å². The number of hydrogen-bond donors (Lipinski definition) is 1. The quantitative estimate of drug-likeness (QED) is 0.723. The number of aromatic carboxylic acids is 1. The maximum atomic E-state index is 11.5. The average molecular weight is 211 g/mol. The van der Waals surface area contributed by atoms with E-state index in [0.717, 1.165) is 0 Å². The van der Waals surface area contributed by atoms with Crippen LogP contribution in [0.2, 0.25) is 0 Å². The van der Waals surface area contributed by atoms with Crippen molar-refractivity contribution in [3.63, 3.8) is 0 Å². The van der Waals surface area contributed by atoms with Gasteiger partial charge < -0.3 is 14.4 Å². The number of rotatable bonds is 5. The molecule has 1 heterocycles. The van der Waals surface area contributed by atoms with Crippen molar-refractivity contribution in [3.05, 3.63) is 34.2 Å². The molecule has 5 heteroatoms. The van der Waals surface area contributed by atoms with Gasteiger partial charge in [-0.1, -0.05) is 0 Å². The van der Waals surface area contributed by atoms with Crippen molar-refractivity contribution >= 4 is 5.97 Å². The van der Waals surface area contributed by atoms with Crippen molar-refractivity contribution in [2.75, 3.05) is 13.2 Å². The molecule has 0 unspecified atom stereocenters. The van der Waals surface area contributed by atoms with E-state index < -0.39 is 11.5 Å². The monoisotopic (exact) mass is 211 g/mol. The van der Waals surface area contributed by atoms with Gasteiger partial charge in [0.25, 0.3) is 5.56 Å². The zero-order chi connectivity index (χ0) is 11.3. The van der Waals surface area contributed by atoms with Gasteiger partial charge in [0.2, 0.25) is 0 Å². The summed E-state index contributed by atoms with van der Waals surface area (Å²) in [5.41, 5.74) is -0.710. The number of hydrogen-bond acceptors (Lipinski definition) is 3. The summed E-state index contributed by atoms with van der Waals surface area (Å²) in [7, 11) is 0. The maximum Gasteiger partial charge on any atom is 0.341 e. The van der Waals surface area contributed by atoms with Gasteiger partial charge in [0.05, 0.1) is 6.61 Å². The normalized spacial score (nSPS) is 10.2. The van der Waals surface area contributed by atoms with Gasteiger partial charge in [-0.2, -0.15) is 0 Å². The topological polar surface area (TPSA) is 68.5 Å². The first-order chi connectivity index (χ1) is 7.16. The maximum absolute atomic E-state index is 11.5. The van der Waals surface area contributed by atoms with Crippen molar-refractivity contribution in [1.82, 2.24) is 4.57 Å². The molecule has 0 aromatic carbocycles. The summed E-state index contributed by atoms with van der Waals surface area (Å²) in [6.07, 6.45) is 1.55. The van der Waals surface area contributed by atoms with Crippen molar-refractivity contribution < 1.29 is 14.6 Å².